The van der Waals surface area contributed by atoms with Crippen LogP contribution in [0.2, 0.25) is 0 Å². The summed E-state index contributed by atoms with van der Waals surface area (Å²) in [5, 5.41) is 29.8. The number of hydrogen-bond donors (Lipinski definition) is 4. The minimum absolute atomic E-state index is 0.0394. The van der Waals surface area contributed by atoms with Crippen molar-refractivity contribution in [2.45, 2.75) is 38.6 Å². The molecule has 4 N–H and O–H groups in total. The lowest BCUT2D eigenvalue weighted by molar-refractivity contribution is 0.0741. The van der Waals surface area contributed by atoms with Crippen LogP contribution in [0.3, 0.4) is 0 Å². The highest BCUT2D eigenvalue weighted by Gasteiger charge is 2.35. The van der Waals surface area contributed by atoms with E-state index in [1.54, 1.807) is 35.2 Å². The van der Waals surface area contributed by atoms with Crippen molar-refractivity contribution in [3.8, 4) is 0 Å². The number of rotatable bonds is 3. The summed E-state index contributed by atoms with van der Waals surface area (Å²) >= 11 is 0. The first-order valence-corrected chi connectivity index (χ1v) is 10.8. The highest BCUT2D eigenvalue weighted by molar-refractivity contribution is 6.62. The Hall–Kier alpha value is -2.69. The third-order valence-corrected chi connectivity index (χ3v) is 6.30. The Labute approximate surface area is 192 Å². The van der Waals surface area contributed by atoms with E-state index >= 15 is 0 Å². The van der Waals surface area contributed by atoms with Crippen LogP contribution >= 0.6 is 0 Å². The van der Waals surface area contributed by atoms with Crippen molar-refractivity contribution in [2.24, 2.45) is 0 Å². The molecule has 0 spiro atoms. The molecule has 5 rings (SSSR count). The fourth-order valence-electron chi connectivity index (χ4n) is 4.56. The van der Waals surface area contributed by atoms with Crippen LogP contribution in [0.15, 0.2) is 36.4 Å². The van der Waals surface area contributed by atoms with Crippen molar-refractivity contribution < 1.29 is 34.1 Å². The molecule has 0 bridgehead atoms. The van der Waals surface area contributed by atoms with Gasteiger partial charge >= 0.3 is 14.2 Å². The van der Waals surface area contributed by atoms with Gasteiger partial charge in [0.25, 0.3) is 11.8 Å². The Morgan fingerprint density at radius 2 is 1.52 bits per heavy atom. The van der Waals surface area contributed by atoms with E-state index in [1.807, 2.05) is 13.0 Å². The summed E-state index contributed by atoms with van der Waals surface area (Å²) in [6, 6.07) is 10.2. The van der Waals surface area contributed by atoms with Crippen LogP contribution < -0.4 is 16.2 Å². The van der Waals surface area contributed by atoms with Crippen LogP contribution in [-0.4, -0.2) is 71.8 Å². The van der Waals surface area contributed by atoms with Gasteiger partial charge in [0.05, 0.1) is 13.2 Å². The summed E-state index contributed by atoms with van der Waals surface area (Å²) in [6.07, 6.45) is 0.644. The molecule has 3 aliphatic heterocycles. The van der Waals surface area contributed by atoms with Crippen molar-refractivity contribution in [3.05, 3.63) is 58.7 Å². The van der Waals surface area contributed by atoms with Gasteiger partial charge in [-0.1, -0.05) is 12.1 Å². The molecule has 1 saturated heterocycles. The van der Waals surface area contributed by atoms with Gasteiger partial charge in [0.2, 0.25) is 0 Å². The molecule has 2 aromatic carbocycles. The highest BCUT2D eigenvalue weighted by atomic mass is 16.5. The number of fused-ring (bicyclic) bond motifs is 2. The van der Waals surface area contributed by atoms with E-state index in [-0.39, 0.29) is 23.9 Å². The van der Waals surface area contributed by atoms with Gasteiger partial charge in [-0.25, -0.2) is 0 Å². The molecule has 2 unspecified atom stereocenters. The van der Waals surface area contributed by atoms with Crippen molar-refractivity contribution in [1.82, 2.24) is 10.2 Å². The van der Waals surface area contributed by atoms with Crippen LogP contribution in [0.4, 0.5) is 0 Å². The van der Waals surface area contributed by atoms with Gasteiger partial charge in [-0.05, 0) is 59.7 Å². The zero-order chi connectivity index (χ0) is 23.7. The highest BCUT2D eigenvalue weighted by Crippen LogP contribution is 2.22. The molecule has 2 aromatic rings. The maximum Gasteiger partial charge on any atom is 0.491 e. The predicted molar refractivity (Wildman–Crippen MR) is 122 cm³/mol. The molecule has 11 heteroatoms. The average Bonchev–Trinajstić information content (AvgIpc) is 3.51. The Balaban J connectivity index is 0.00000126. The second-order valence-corrected chi connectivity index (χ2v) is 8.37. The number of benzene rings is 2. The molecule has 1 fully saturated rings. The standard InChI is InChI=1S/C21H22B2N2O6.CH4O/c1-12-6-17(24-20(26)13-2-4-15-10-30-22(28)18(15)7-13)9-25(12)21(27)14-3-5-16-11-31-23(29)19(16)8-14;1-2/h2-5,7-8,12,17,28-29H,6,9-11H2,1H3,(H,24,26);2H,1H3. The lowest BCUT2D eigenvalue weighted by Crippen LogP contribution is -2.40. The van der Waals surface area contributed by atoms with Crippen LogP contribution in [0.25, 0.3) is 0 Å². The number of carbonyl (C=O) groups excluding carboxylic acids is 2. The third kappa shape index (κ3) is 4.55. The summed E-state index contributed by atoms with van der Waals surface area (Å²) in [5.74, 6) is -0.379. The minimum atomic E-state index is -1.00. The van der Waals surface area contributed by atoms with Crippen molar-refractivity contribution >= 4 is 37.0 Å². The van der Waals surface area contributed by atoms with Gasteiger partial charge in [0.15, 0.2) is 0 Å². The zero-order valence-electron chi connectivity index (χ0n) is 18.5. The quantitative estimate of drug-likeness (QED) is 0.430. The van der Waals surface area contributed by atoms with Crippen molar-refractivity contribution in [3.63, 3.8) is 0 Å². The van der Waals surface area contributed by atoms with Gasteiger partial charge in [0.1, 0.15) is 0 Å². The first-order valence-electron chi connectivity index (χ1n) is 10.8. The Morgan fingerprint density at radius 1 is 0.970 bits per heavy atom. The lowest BCUT2D eigenvalue weighted by Gasteiger charge is -2.22. The molecule has 0 aliphatic carbocycles. The molecule has 9 nitrogen and oxygen atoms in total. The first kappa shape index (κ1) is 23.5. The molecule has 2 atom stereocenters. The molecule has 3 heterocycles. The Kier molecular flexibility index (Phi) is 6.87. The molecule has 2 amide bonds. The van der Waals surface area contributed by atoms with E-state index in [1.165, 1.54) is 0 Å². The monoisotopic (exact) mass is 452 g/mol. The van der Waals surface area contributed by atoms with Gasteiger partial charge in [0, 0.05) is 36.9 Å². The number of nitrogens with zero attached hydrogens (tertiary/aromatic N) is 1. The zero-order valence-corrected chi connectivity index (χ0v) is 18.5. The van der Waals surface area contributed by atoms with Gasteiger partial charge in [-0.2, -0.15) is 0 Å². The molecule has 0 saturated carbocycles. The summed E-state index contributed by atoms with van der Waals surface area (Å²) in [4.78, 5) is 27.6. The first-order chi connectivity index (χ1) is 15.9. The normalized spacial score (nSPS) is 20.8. The fraction of sp³-hybridized carbons (Fsp3) is 0.364. The SMILES string of the molecule is CC1CC(NC(=O)c2ccc3c(c2)B(O)OC3)CN1C(=O)c1ccc2c(c1)B(O)OC2.CO. The third-order valence-electron chi connectivity index (χ3n) is 6.30. The largest absolute Gasteiger partial charge is 0.491 e. The molecule has 172 valence electrons. The number of aliphatic hydroxyl groups excluding tert-OH is 1. The van der Waals surface area contributed by atoms with Gasteiger partial charge in [-0.15, -0.1) is 0 Å². The van der Waals surface area contributed by atoms with Gasteiger partial charge in [-0.3, -0.25) is 9.59 Å². The minimum Gasteiger partial charge on any atom is -0.423 e. The summed E-state index contributed by atoms with van der Waals surface area (Å²) in [6.45, 7) is 3.03. The Bertz CT molecular complexity index is 1070. The Morgan fingerprint density at radius 3 is 2.12 bits per heavy atom. The van der Waals surface area contributed by atoms with E-state index in [4.69, 9.17) is 14.4 Å². The van der Waals surface area contributed by atoms with Crippen LogP contribution in [0, 0.1) is 0 Å². The molecule has 0 radical (unpaired) electrons. The molecular formula is C22H26B2N2O7. The van der Waals surface area contributed by atoms with Crippen LogP contribution in [0.5, 0.6) is 0 Å². The molecule has 33 heavy (non-hydrogen) atoms. The number of carbonyl (C=O) groups is 2. The second-order valence-electron chi connectivity index (χ2n) is 8.37. The summed E-state index contributed by atoms with van der Waals surface area (Å²) in [5.41, 5.74) is 3.95. The van der Waals surface area contributed by atoms with E-state index < -0.39 is 14.2 Å². The topological polar surface area (TPSA) is 129 Å². The molecule has 3 aliphatic rings. The van der Waals surface area contributed by atoms with Crippen molar-refractivity contribution in [1.29, 1.82) is 0 Å². The van der Waals surface area contributed by atoms with E-state index in [0.717, 1.165) is 18.2 Å². The second kappa shape index (κ2) is 9.66. The fourth-order valence-corrected chi connectivity index (χ4v) is 4.56. The van der Waals surface area contributed by atoms with Gasteiger partial charge < -0.3 is 34.7 Å². The maximum absolute atomic E-state index is 13.1. The molecular weight excluding hydrogens is 426 g/mol. The summed E-state index contributed by atoms with van der Waals surface area (Å²) < 4.78 is 10.4. The van der Waals surface area contributed by atoms with Crippen LogP contribution in [0.1, 0.15) is 45.2 Å². The number of hydrogen-bond acceptors (Lipinski definition) is 7. The smallest absolute Gasteiger partial charge is 0.423 e. The predicted octanol–water partition coefficient (Wildman–Crippen LogP) is -1.24. The van der Waals surface area contributed by atoms with Crippen molar-refractivity contribution in [2.75, 3.05) is 13.7 Å². The number of nitrogens with one attached hydrogen (secondary N) is 1. The number of aliphatic hydroxyl groups is 1. The number of amides is 2. The number of likely N-dealkylation sites (tertiary alicyclic amines) is 1. The van der Waals surface area contributed by atoms with Crippen LogP contribution in [-0.2, 0) is 22.5 Å². The maximum atomic E-state index is 13.1. The van der Waals surface area contributed by atoms with E-state index in [9.17, 15) is 19.6 Å². The summed E-state index contributed by atoms with van der Waals surface area (Å²) in [7, 11) is -0.999. The average molecular weight is 452 g/mol. The van der Waals surface area contributed by atoms with E-state index in [2.05, 4.69) is 5.32 Å². The van der Waals surface area contributed by atoms with E-state index in [0.29, 0.717) is 48.2 Å². The lowest BCUT2D eigenvalue weighted by atomic mass is 9.78. The molecule has 0 aromatic heterocycles.